The van der Waals surface area contributed by atoms with Crippen LogP contribution in [0.1, 0.15) is 18.4 Å². The number of rotatable bonds is 4. The van der Waals surface area contributed by atoms with Crippen LogP contribution < -0.4 is 15.5 Å². The summed E-state index contributed by atoms with van der Waals surface area (Å²) in [6, 6.07) is 9.09. The van der Waals surface area contributed by atoms with Crippen LogP contribution in [0.2, 0.25) is 0 Å². The Morgan fingerprint density at radius 3 is 2.67 bits per heavy atom. The fraction of sp³-hybridized carbons (Fsp3) is 0.273. The molecule has 0 aromatic heterocycles. The highest BCUT2D eigenvalue weighted by Gasteiger charge is 2.28. The second-order valence-electron chi connectivity index (χ2n) is 7.27. The molecule has 30 heavy (non-hydrogen) atoms. The van der Waals surface area contributed by atoms with Crippen molar-refractivity contribution in [2.45, 2.75) is 12.8 Å². The standard InChI is InChI=1S/C22H21F2N3O3/c1-30-22(29)13-7-9-27(10-8-13)19-6-5-14(11-17(19)24)25-12-15-20-16(23)3-2-4-18(20)26-21(15)28/h2-6,11-13,25H,7-10H2,1H3,(H,26,28). The summed E-state index contributed by atoms with van der Waals surface area (Å²) in [4.78, 5) is 25.7. The smallest absolute Gasteiger partial charge is 0.308 e. The van der Waals surface area contributed by atoms with Crippen LogP contribution >= 0.6 is 0 Å². The number of fused-ring (bicyclic) bond motifs is 1. The zero-order valence-corrected chi connectivity index (χ0v) is 16.4. The minimum Gasteiger partial charge on any atom is -0.469 e. The van der Waals surface area contributed by atoms with E-state index in [4.69, 9.17) is 4.74 Å². The molecule has 1 amide bonds. The summed E-state index contributed by atoms with van der Waals surface area (Å²) in [6.45, 7) is 1.12. The normalized spacial score (nSPS) is 17.6. The average Bonchev–Trinajstić information content (AvgIpc) is 3.08. The number of carbonyl (C=O) groups excluding carboxylic acids is 2. The van der Waals surface area contributed by atoms with Crippen LogP contribution in [0.3, 0.4) is 0 Å². The summed E-state index contributed by atoms with van der Waals surface area (Å²) >= 11 is 0. The highest BCUT2D eigenvalue weighted by Crippen LogP contribution is 2.34. The summed E-state index contributed by atoms with van der Waals surface area (Å²) in [5, 5.41) is 5.48. The summed E-state index contributed by atoms with van der Waals surface area (Å²) < 4.78 is 33.6. The van der Waals surface area contributed by atoms with Crippen molar-refractivity contribution in [3.63, 3.8) is 0 Å². The van der Waals surface area contributed by atoms with E-state index in [0.717, 1.165) is 0 Å². The topological polar surface area (TPSA) is 70.7 Å². The number of nitrogens with zero attached hydrogens (tertiary/aromatic N) is 1. The number of piperidine rings is 1. The fourth-order valence-corrected chi connectivity index (χ4v) is 3.87. The van der Waals surface area contributed by atoms with Gasteiger partial charge < -0.3 is 20.3 Å². The quantitative estimate of drug-likeness (QED) is 0.590. The molecule has 156 valence electrons. The third-order valence-corrected chi connectivity index (χ3v) is 5.48. The first kappa shape index (κ1) is 19.9. The number of benzene rings is 2. The molecule has 0 aliphatic carbocycles. The van der Waals surface area contributed by atoms with Gasteiger partial charge in [-0.25, -0.2) is 8.78 Å². The monoisotopic (exact) mass is 413 g/mol. The number of nitrogens with one attached hydrogen (secondary N) is 2. The highest BCUT2D eigenvalue weighted by molar-refractivity contribution is 6.31. The molecule has 0 bridgehead atoms. The molecule has 4 rings (SSSR count). The summed E-state index contributed by atoms with van der Waals surface area (Å²) in [5.74, 6) is -1.72. The zero-order chi connectivity index (χ0) is 21.3. The minimum atomic E-state index is -0.504. The van der Waals surface area contributed by atoms with Crippen LogP contribution in [0.15, 0.2) is 42.6 Å². The van der Waals surface area contributed by atoms with Crippen LogP contribution in [0.25, 0.3) is 5.57 Å². The molecule has 2 heterocycles. The second-order valence-corrected chi connectivity index (χ2v) is 7.27. The maximum absolute atomic E-state index is 14.7. The molecule has 1 fully saturated rings. The van der Waals surface area contributed by atoms with E-state index in [1.54, 1.807) is 18.2 Å². The number of esters is 1. The van der Waals surface area contributed by atoms with Gasteiger partial charge in [-0.05, 0) is 43.2 Å². The van der Waals surface area contributed by atoms with Crippen molar-refractivity contribution in [2.75, 3.05) is 35.7 Å². The fourth-order valence-electron chi connectivity index (χ4n) is 3.87. The molecule has 2 aliphatic rings. The van der Waals surface area contributed by atoms with Crippen molar-refractivity contribution in [1.82, 2.24) is 0 Å². The largest absolute Gasteiger partial charge is 0.469 e. The van der Waals surface area contributed by atoms with Crippen molar-refractivity contribution in [1.29, 1.82) is 0 Å². The molecule has 0 radical (unpaired) electrons. The van der Waals surface area contributed by atoms with Gasteiger partial charge >= 0.3 is 5.97 Å². The van der Waals surface area contributed by atoms with Crippen LogP contribution in [-0.2, 0) is 14.3 Å². The van der Waals surface area contributed by atoms with E-state index in [0.29, 0.717) is 43.0 Å². The predicted octanol–water partition coefficient (Wildman–Crippen LogP) is 3.76. The number of hydrogen-bond acceptors (Lipinski definition) is 5. The third kappa shape index (κ3) is 3.72. The van der Waals surface area contributed by atoms with E-state index in [9.17, 15) is 18.4 Å². The van der Waals surface area contributed by atoms with Gasteiger partial charge in [-0.15, -0.1) is 0 Å². The SMILES string of the molecule is COC(=O)C1CCN(c2ccc(NC=C3C(=O)Nc4cccc(F)c43)cc2F)CC1. The Balaban J connectivity index is 1.47. The number of methoxy groups -OCH3 is 1. The number of hydrogen-bond donors (Lipinski definition) is 2. The molecule has 2 aromatic rings. The first-order valence-corrected chi connectivity index (χ1v) is 9.67. The van der Waals surface area contributed by atoms with Gasteiger partial charge in [-0.3, -0.25) is 9.59 Å². The Morgan fingerprint density at radius 1 is 1.20 bits per heavy atom. The van der Waals surface area contributed by atoms with Crippen molar-refractivity contribution in [3.05, 3.63) is 59.8 Å². The van der Waals surface area contributed by atoms with Gasteiger partial charge in [0.15, 0.2) is 0 Å². The molecular weight excluding hydrogens is 392 g/mol. The van der Waals surface area contributed by atoms with E-state index >= 15 is 0 Å². The molecule has 2 N–H and O–H groups in total. The third-order valence-electron chi connectivity index (χ3n) is 5.48. The number of halogens is 2. The summed E-state index contributed by atoms with van der Waals surface area (Å²) in [7, 11) is 1.37. The first-order valence-electron chi connectivity index (χ1n) is 9.67. The van der Waals surface area contributed by atoms with Crippen LogP contribution in [0.4, 0.5) is 25.8 Å². The molecule has 8 heteroatoms. The second kappa shape index (κ2) is 8.14. The van der Waals surface area contributed by atoms with E-state index in [1.807, 2.05) is 4.90 Å². The minimum absolute atomic E-state index is 0.150. The van der Waals surface area contributed by atoms with Gasteiger partial charge in [-0.2, -0.15) is 0 Å². The molecular formula is C22H21F2N3O3. The maximum atomic E-state index is 14.7. The Morgan fingerprint density at radius 2 is 1.97 bits per heavy atom. The van der Waals surface area contributed by atoms with Gasteiger partial charge in [-0.1, -0.05) is 6.07 Å². The van der Waals surface area contributed by atoms with Gasteiger partial charge in [0.1, 0.15) is 11.6 Å². The number of amides is 1. The molecule has 1 saturated heterocycles. The lowest BCUT2D eigenvalue weighted by molar-refractivity contribution is -0.146. The summed E-state index contributed by atoms with van der Waals surface area (Å²) in [5.41, 5.74) is 1.64. The van der Waals surface area contributed by atoms with Gasteiger partial charge in [0.25, 0.3) is 5.91 Å². The number of anilines is 3. The molecule has 2 aliphatic heterocycles. The lowest BCUT2D eigenvalue weighted by Crippen LogP contribution is -2.37. The molecule has 2 aromatic carbocycles. The first-order chi connectivity index (χ1) is 14.5. The Hall–Kier alpha value is -3.42. The highest BCUT2D eigenvalue weighted by atomic mass is 19.1. The van der Waals surface area contributed by atoms with Gasteiger partial charge in [0.2, 0.25) is 0 Å². The maximum Gasteiger partial charge on any atom is 0.308 e. The molecule has 0 saturated carbocycles. The molecule has 0 atom stereocenters. The van der Waals surface area contributed by atoms with E-state index in [-0.39, 0.29) is 23.0 Å². The Labute approximate surface area is 172 Å². The predicted molar refractivity (Wildman–Crippen MR) is 110 cm³/mol. The van der Waals surface area contributed by atoms with Crippen LogP contribution in [-0.4, -0.2) is 32.1 Å². The Bertz CT molecular complexity index is 1030. The van der Waals surface area contributed by atoms with Crippen LogP contribution in [0.5, 0.6) is 0 Å². The Kier molecular flexibility index (Phi) is 5.39. The zero-order valence-electron chi connectivity index (χ0n) is 16.4. The van der Waals surface area contributed by atoms with Crippen molar-refractivity contribution >= 4 is 34.5 Å². The van der Waals surface area contributed by atoms with Gasteiger partial charge in [0, 0.05) is 30.5 Å². The van der Waals surface area contributed by atoms with E-state index < -0.39 is 17.5 Å². The van der Waals surface area contributed by atoms with E-state index in [2.05, 4.69) is 10.6 Å². The average molecular weight is 413 g/mol. The van der Waals surface area contributed by atoms with Gasteiger partial charge in [0.05, 0.1) is 30.0 Å². The molecule has 0 spiro atoms. The summed E-state index contributed by atoms with van der Waals surface area (Å²) in [6.07, 6.45) is 2.59. The van der Waals surface area contributed by atoms with Crippen molar-refractivity contribution in [2.24, 2.45) is 5.92 Å². The van der Waals surface area contributed by atoms with Crippen molar-refractivity contribution < 1.29 is 23.1 Å². The van der Waals surface area contributed by atoms with Crippen LogP contribution in [0, 0.1) is 17.6 Å². The molecule has 6 nitrogen and oxygen atoms in total. The lowest BCUT2D eigenvalue weighted by Gasteiger charge is -2.32. The lowest BCUT2D eigenvalue weighted by atomic mass is 9.96. The van der Waals surface area contributed by atoms with Crippen molar-refractivity contribution in [3.8, 4) is 0 Å². The number of ether oxygens (including phenoxy) is 1. The number of carbonyl (C=O) groups is 2. The van der Waals surface area contributed by atoms with E-state index in [1.165, 1.54) is 31.5 Å². The molecule has 0 unspecified atom stereocenters.